The number of carbonyl (C=O) groups is 1. The summed E-state index contributed by atoms with van der Waals surface area (Å²) in [7, 11) is 1.64. The SMILES string of the molecule is COc1ccc([C@@H]2N=C3CCCCC3C(=O)N2)cc1. The van der Waals surface area contributed by atoms with Crippen LogP contribution >= 0.6 is 0 Å². The monoisotopic (exact) mass is 258 g/mol. The second-order valence-electron chi connectivity index (χ2n) is 5.10. The van der Waals surface area contributed by atoms with Gasteiger partial charge in [-0.05, 0) is 37.0 Å². The quantitative estimate of drug-likeness (QED) is 0.885. The van der Waals surface area contributed by atoms with Crippen molar-refractivity contribution in [3.8, 4) is 5.75 Å². The highest BCUT2D eigenvalue weighted by Gasteiger charge is 2.33. The lowest BCUT2D eigenvalue weighted by atomic mass is 9.85. The van der Waals surface area contributed by atoms with E-state index in [-0.39, 0.29) is 18.0 Å². The van der Waals surface area contributed by atoms with Crippen molar-refractivity contribution in [1.29, 1.82) is 0 Å². The smallest absolute Gasteiger partial charge is 0.230 e. The van der Waals surface area contributed by atoms with Crippen LogP contribution in [0.2, 0.25) is 0 Å². The molecule has 0 saturated heterocycles. The molecule has 0 spiro atoms. The first-order valence-electron chi connectivity index (χ1n) is 6.79. The summed E-state index contributed by atoms with van der Waals surface area (Å²) in [5.74, 6) is 0.961. The van der Waals surface area contributed by atoms with Gasteiger partial charge in [-0.25, -0.2) is 0 Å². The fraction of sp³-hybridized carbons (Fsp3) is 0.467. The van der Waals surface area contributed by atoms with Gasteiger partial charge < -0.3 is 10.1 Å². The maximum Gasteiger partial charge on any atom is 0.230 e. The molecule has 1 saturated carbocycles. The summed E-state index contributed by atoms with van der Waals surface area (Å²) in [6.07, 6.45) is 3.95. The van der Waals surface area contributed by atoms with E-state index < -0.39 is 0 Å². The predicted octanol–water partition coefficient (Wildman–Crippen LogP) is 2.45. The van der Waals surface area contributed by atoms with Crippen LogP contribution in [0.1, 0.15) is 37.4 Å². The number of fused-ring (bicyclic) bond motifs is 1. The molecule has 3 rings (SSSR count). The van der Waals surface area contributed by atoms with Crippen LogP contribution in [0, 0.1) is 5.92 Å². The van der Waals surface area contributed by atoms with Crippen LogP contribution in [-0.2, 0) is 4.79 Å². The standard InChI is InChI=1S/C15H18N2O2/c1-19-11-8-6-10(7-9-11)14-16-13-5-3-2-4-12(13)15(18)17-14/h6-9,12,14H,2-5H2,1H3,(H,17,18)/t12?,14-/m1/s1. The Balaban J connectivity index is 1.86. The van der Waals surface area contributed by atoms with Gasteiger partial charge in [0.1, 0.15) is 11.9 Å². The predicted molar refractivity (Wildman–Crippen MR) is 73.3 cm³/mol. The fourth-order valence-electron chi connectivity index (χ4n) is 2.81. The van der Waals surface area contributed by atoms with Gasteiger partial charge in [-0.3, -0.25) is 9.79 Å². The number of hydrogen-bond acceptors (Lipinski definition) is 3. The number of aliphatic imine (C=N–C) groups is 1. The highest BCUT2D eigenvalue weighted by molar-refractivity contribution is 6.06. The van der Waals surface area contributed by atoms with Gasteiger partial charge in [0.2, 0.25) is 5.91 Å². The first-order chi connectivity index (χ1) is 9.28. The summed E-state index contributed by atoms with van der Waals surface area (Å²) in [5.41, 5.74) is 2.08. The zero-order valence-electron chi connectivity index (χ0n) is 11.1. The topological polar surface area (TPSA) is 50.7 Å². The lowest BCUT2D eigenvalue weighted by molar-refractivity contribution is -0.124. The van der Waals surface area contributed by atoms with Crippen molar-refractivity contribution in [3.63, 3.8) is 0 Å². The normalized spacial score (nSPS) is 26.2. The van der Waals surface area contributed by atoms with E-state index in [0.29, 0.717) is 0 Å². The maximum atomic E-state index is 12.1. The molecule has 19 heavy (non-hydrogen) atoms. The Morgan fingerprint density at radius 3 is 2.79 bits per heavy atom. The van der Waals surface area contributed by atoms with Crippen LogP contribution in [-0.4, -0.2) is 18.7 Å². The van der Waals surface area contributed by atoms with Gasteiger partial charge in [0.15, 0.2) is 0 Å². The number of ether oxygens (including phenoxy) is 1. The minimum atomic E-state index is -0.234. The minimum absolute atomic E-state index is 0.0169. The molecule has 1 aromatic rings. The number of rotatable bonds is 2. The van der Waals surface area contributed by atoms with E-state index in [1.807, 2.05) is 24.3 Å². The number of methoxy groups -OCH3 is 1. The highest BCUT2D eigenvalue weighted by atomic mass is 16.5. The molecule has 2 aliphatic rings. The molecule has 1 aliphatic heterocycles. The average Bonchev–Trinajstić information content (AvgIpc) is 2.47. The van der Waals surface area contributed by atoms with E-state index >= 15 is 0 Å². The van der Waals surface area contributed by atoms with Crippen LogP contribution in [0.4, 0.5) is 0 Å². The Bertz CT molecular complexity index is 507. The van der Waals surface area contributed by atoms with Crippen LogP contribution in [0.15, 0.2) is 29.3 Å². The Hall–Kier alpha value is -1.84. The third-order valence-electron chi connectivity index (χ3n) is 3.90. The van der Waals surface area contributed by atoms with Crippen molar-refractivity contribution in [2.45, 2.75) is 31.8 Å². The molecule has 0 bridgehead atoms. The number of nitrogens with one attached hydrogen (secondary N) is 1. The van der Waals surface area contributed by atoms with Gasteiger partial charge in [0.05, 0.1) is 13.0 Å². The van der Waals surface area contributed by atoms with Crippen LogP contribution in [0.3, 0.4) is 0 Å². The average molecular weight is 258 g/mol. The van der Waals surface area contributed by atoms with Gasteiger partial charge >= 0.3 is 0 Å². The van der Waals surface area contributed by atoms with Crippen LogP contribution < -0.4 is 10.1 Å². The lowest BCUT2D eigenvalue weighted by Crippen LogP contribution is -2.43. The van der Waals surface area contributed by atoms with Crippen molar-refractivity contribution >= 4 is 11.6 Å². The van der Waals surface area contributed by atoms with Gasteiger partial charge in [0, 0.05) is 5.71 Å². The summed E-state index contributed by atoms with van der Waals surface area (Å²) in [6.45, 7) is 0. The largest absolute Gasteiger partial charge is 0.497 e. The second kappa shape index (κ2) is 5.03. The van der Waals surface area contributed by atoms with Crippen molar-refractivity contribution in [2.75, 3.05) is 7.11 Å². The molecular formula is C15H18N2O2. The van der Waals surface area contributed by atoms with Gasteiger partial charge in [-0.1, -0.05) is 18.6 Å². The van der Waals surface area contributed by atoms with E-state index in [9.17, 15) is 4.79 Å². The number of hydrogen-bond donors (Lipinski definition) is 1. The summed E-state index contributed by atoms with van der Waals surface area (Å²) in [4.78, 5) is 16.8. The molecule has 2 atom stereocenters. The zero-order valence-corrected chi connectivity index (χ0v) is 11.1. The summed E-state index contributed by atoms with van der Waals surface area (Å²) in [6, 6.07) is 7.71. The molecule has 1 heterocycles. The number of carbonyl (C=O) groups excluding carboxylic acids is 1. The van der Waals surface area contributed by atoms with Crippen molar-refractivity contribution in [2.24, 2.45) is 10.9 Å². The zero-order chi connectivity index (χ0) is 13.2. The molecule has 1 amide bonds. The highest BCUT2D eigenvalue weighted by Crippen LogP contribution is 2.29. The molecule has 100 valence electrons. The van der Waals surface area contributed by atoms with E-state index in [1.54, 1.807) is 7.11 Å². The molecule has 0 aromatic heterocycles. The number of amides is 1. The molecule has 1 N–H and O–H groups in total. The molecule has 1 fully saturated rings. The van der Waals surface area contributed by atoms with Crippen molar-refractivity contribution in [3.05, 3.63) is 29.8 Å². The third-order valence-corrected chi connectivity index (χ3v) is 3.90. The molecule has 4 heteroatoms. The van der Waals surface area contributed by atoms with E-state index in [1.165, 1.54) is 0 Å². The van der Waals surface area contributed by atoms with Gasteiger partial charge in [-0.15, -0.1) is 0 Å². The Morgan fingerprint density at radius 2 is 2.05 bits per heavy atom. The molecule has 1 aliphatic carbocycles. The molecule has 0 radical (unpaired) electrons. The first-order valence-corrected chi connectivity index (χ1v) is 6.79. The Kier molecular flexibility index (Phi) is 3.23. The van der Waals surface area contributed by atoms with Crippen LogP contribution in [0.5, 0.6) is 5.75 Å². The Labute approximate surface area is 112 Å². The lowest BCUT2D eigenvalue weighted by Gasteiger charge is -2.31. The third kappa shape index (κ3) is 2.35. The summed E-state index contributed by atoms with van der Waals surface area (Å²) < 4.78 is 5.14. The molecule has 4 nitrogen and oxygen atoms in total. The molecular weight excluding hydrogens is 240 g/mol. The molecule has 1 aromatic carbocycles. The maximum absolute atomic E-state index is 12.1. The van der Waals surface area contributed by atoms with E-state index in [4.69, 9.17) is 9.73 Å². The second-order valence-corrected chi connectivity index (χ2v) is 5.10. The van der Waals surface area contributed by atoms with E-state index in [0.717, 1.165) is 42.7 Å². The summed E-state index contributed by atoms with van der Waals surface area (Å²) >= 11 is 0. The first kappa shape index (κ1) is 12.2. The number of benzene rings is 1. The molecule has 1 unspecified atom stereocenters. The fourth-order valence-corrected chi connectivity index (χ4v) is 2.81. The van der Waals surface area contributed by atoms with Gasteiger partial charge in [0.25, 0.3) is 0 Å². The van der Waals surface area contributed by atoms with Gasteiger partial charge in [-0.2, -0.15) is 0 Å². The Morgan fingerprint density at radius 1 is 1.26 bits per heavy atom. The van der Waals surface area contributed by atoms with Crippen LogP contribution in [0.25, 0.3) is 0 Å². The number of nitrogens with zero attached hydrogens (tertiary/aromatic N) is 1. The van der Waals surface area contributed by atoms with Crippen molar-refractivity contribution < 1.29 is 9.53 Å². The minimum Gasteiger partial charge on any atom is -0.497 e. The van der Waals surface area contributed by atoms with Crippen molar-refractivity contribution in [1.82, 2.24) is 5.32 Å². The summed E-state index contributed by atoms with van der Waals surface area (Å²) in [5, 5.41) is 3.00. The van der Waals surface area contributed by atoms with E-state index in [2.05, 4.69) is 5.32 Å².